The van der Waals surface area contributed by atoms with Gasteiger partial charge in [0, 0.05) is 5.56 Å². The molecule has 23 heavy (non-hydrogen) atoms. The monoisotopic (exact) mass is 306 g/mol. The van der Waals surface area contributed by atoms with E-state index in [1.54, 1.807) is 36.4 Å². The van der Waals surface area contributed by atoms with Crippen LogP contribution in [0, 0.1) is 32.1 Å². The molecule has 0 amide bonds. The maximum atomic E-state index is 12.2. The lowest BCUT2D eigenvalue weighted by molar-refractivity contribution is 0.103. The number of carbonyl (C=O) groups is 1. The van der Waals surface area contributed by atoms with Gasteiger partial charge in [0.25, 0.3) is 0 Å². The quantitative estimate of drug-likeness (QED) is 0.478. The Hall–Kier alpha value is -2.93. The second-order valence-electron chi connectivity index (χ2n) is 5.40. The number of nitrogens with zero attached hydrogens (tertiary/aromatic N) is 2. The maximum absolute atomic E-state index is 12.2. The summed E-state index contributed by atoms with van der Waals surface area (Å²) in [5.74, 6) is -0.439. The lowest BCUT2D eigenvalue weighted by Crippen LogP contribution is -2.13. The van der Waals surface area contributed by atoms with E-state index in [0.717, 1.165) is 16.7 Å². The number of aryl methyl sites for hydroxylation is 3. The number of oxime groups is 1. The molecule has 0 heterocycles. The molecular weight excluding hydrogens is 288 g/mol. The Balaban J connectivity index is 2.13. The minimum Gasteiger partial charge on any atom is -0.390 e. The van der Waals surface area contributed by atoms with Gasteiger partial charge in [-0.25, -0.2) is 0 Å². The molecule has 0 saturated heterocycles. The molecule has 0 fully saturated rings. The first-order valence-corrected chi connectivity index (χ1v) is 7.29. The van der Waals surface area contributed by atoms with Crippen LogP contribution >= 0.6 is 0 Å². The highest BCUT2D eigenvalue weighted by atomic mass is 16.6. The minimum absolute atomic E-state index is 0.227. The molecule has 0 aliphatic heterocycles. The van der Waals surface area contributed by atoms with E-state index in [4.69, 9.17) is 10.1 Å². The van der Waals surface area contributed by atoms with E-state index >= 15 is 0 Å². The van der Waals surface area contributed by atoms with E-state index in [9.17, 15) is 4.79 Å². The lowest BCUT2D eigenvalue weighted by atomic mass is 10.0. The molecule has 0 atom stereocenters. The van der Waals surface area contributed by atoms with Gasteiger partial charge >= 0.3 is 0 Å². The van der Waals surface area contributed by atoms with Crippen molar-refractivity contribution in [3.8, 4) is 6.07 Å². The summed E-state index contributed by atoms with van der Waals surface area (Å²) < 4.78 is 0. The van der Waals surface area contributed by atoms with Crippen LogP contribution in [-0.4, -0.2) is 11.5 Å². The molecule has 0 aromatic heterocycles. The zero-order valence-corrected chi connectivity index (χ0v) is 13.5. The summed E-state index contributed by atoms with van der Waals surface area (Å²) in [7, 11) is 0. The summed E-state index contributed by atoms with van der Waals surface area (Å²) in [6.45, 7) is 6.27. The van der Waals surface area contributed by atoms with E-state index in [0.29, 0.717) is 5.56 Å². The zero-order chi connectivity index (χ0) is 16.8. The molecule has 0 N–H and O–H groups in total. The highest BCUT2D eigenvalue weighted by Crippen LogP contribution is 2.17. The molecule has 0 spiro atoms. The average molecular weight is 306 g/mol. The second kappa shape index (κ2) is 7.37. The zero-order valence-electron chi connectivity index (χ0n) is 13.5. The number of nitriles is 1. The average Bonchev–Trinajstić information content (AvgIpc) is 2.53. The van der Waals surface area contributed by atoms with Gasteiger partial charge in [-0.1, -0.05) is 53.2 Å². The van der Waals surface area contributed by atoms with Gasteiger partial charge in [0.1, 0.15) is 12.7 Å². The highest BCUT2D eigenvalue weighted by Gasteiger charge is 2.14. The summed E-state index contributed by atoms with van der Waals surface area (Å²) in [5, 5.41) is 12.8. The van der Waals surface area contributed by atoms with Crippen LogP contribution in [0.15, 0.2) is 47.6 Å². The number of ketones is 1. The lowest BCUT2D eigenvalue weighted by Gasteiger charge is -2.10. The van der Waals surface area contributed by atoms with Crippen molar-refractivity contribution in [2.24, 2.45) is 5.16 Å². The molecule has 4 nitrogen and oxygen atoms in total. The van der Waals surface area contributed by atoms with Crippen molar-refractivity contribution in [1.29, 1.82) is 5.26 Å². The fraction of sp³-hybridized carbons (Fsp3) is 0.211. The van der Waals surface area contributed by atoms with Crippen LogP contribution in [0.5, 0.6) is 0 Å². The van der Waals surface area contributed by atoms with E-state index in [1.807, 2.05) is 20.8 Å². The van der Waals surface area contributed by atoms with Crippen LogP contribution in [0.2, 0.25) is 0 Å². The Morgan fingerprint density at radius 1 is 1.13 bits per heavy atom. The highest BCUT2D eigenvalue weighted by molar-refractivity contribution is 6.51. The predicted octanol–water partition coefficient (Wildman–Crippen LogP) is 3.89. The molecule has 2 aromatic carbocycles. The van der Waals surface area contributed by atoms with Gasteiger partial charge < -0.3 is 4.84 Å². The predicted molar refractivity (Wildman–Crippen MR) is 89.3 cm³/mol. The number of hydrogen-bond donors (Lipinski definition) is 0. The molecule has 116 valence electrons. The van der Waals surface area contributed by atoms with Crippen molar-refractivity contribution in [3.63, 3.8) is 0 Å². The number of hydrogen-bond acceptors (Lipinski definition) is 4. The van der Waals surface area contributed by atoms with Crippen LogP contribution < -0.4 is 0 Å². The smallest absolute Gasteiger partial charge is 0.227 e. The molecule has 2 aromatic rings. The summed E-state index contributed by atoms with van der Waals surface area (Å²) in [4.78, 5) is 17.4. The largest absolute Gasteiger partial charge is 0.390 e. The summed E-state index contributed by atoms with van der Waals surface area (Å²) >= 11 is 0. The topological polar surface area (TPSA) is 62.4 Å². The van der Waals surface area contributed by atoms with Crippen molar-refractivity contribution in [3.05, 3.63) is 70.3 Å². The van der Waals surface area contributed by atoms with E-state index in [-0.39, 0.29) is 12.3 Å². The molecule has 0 aliphatic carbocycles. The normalized spacial score (nSPS) is 11.0. The van der Waals surface area contributed by atoms with Crippen molar-refractivity contribution < 1.29 is 9.63 Å². The second-order valence-corrected chi connectivity index (χ2v) is 5.40. The minimum atomic E-state index is -0.439. The number of benzene rings is 2. The molecule has 0 radical (unpaired) electrons. The Morgan fingerprint density at radius 2 is 1.74 bits per heavy atom. The van der Waals surface area contributed by atoms with E-state index in [2.05, 4.69) is 17.3 Å². The fourth-order valence-electron chi connectivity index (χ4n) is 2.44. The Bertz CT molecular complexity index is 764. The number of rotatable bonds is 5. The van der Waals surface area contributed by atoms with E-state index < -0.39 is 5.78 Å². The van der Waals surface area contributed by atoms with Gasteiger partial charge in [-0.3, -0.25) is 4.79 Å². The Labute approximate surface area is 136 Å². The molecule has 0 unspecified atom stereocenters. The van der Waals surface area contributed by atoms with Crippen LogP contribution in [0.25, 0.3) is 0 Å². The van der Waals surface area contributed by atoms with Gasteiger partial charge in [0.2, 0.25) is 11.5 Å². The van der Waals surface area contributed by atoms with Gasteiger partial charge in [-0.15, -0.1) is 0 Å². The summed E-state index contributed by atoms with van der Waals surface area (Å²) in [6, 6.07) is 14.5. The van der Waals surface area contributed by atoms with Crippen LogP contribution in [-0.2, 0) is 11.4 Å². The van der Waals surface area contributed by atoms with Gasteiger partial charge in [-0.05, 0) is 37.5 Å². The van der Waals surface area contributed by atoms with Gasteiger partial charge in [-0.2, -0.15) is 5.26 Å². The van der Waals surface area contributed by atoms with E-state index in [1.165, 1.54) is 5.56 Å². The SMILES string of the molecule is Cc1cc(C)c(CO/N=C(\C#N)C(=O)c2ccccc2)c(C)c1. The third kappa shape index (κ3) is 4.04. The fourth-order valence-corrected chi connectivity index (χ4v) is 2.44. The molecule has 0 aliphatic rings. The first-order valence-electron chi connectivity index (χ1n) is 7.29. The first-order chi connectivity index (χ1) is 11.0. The van der Waals surface area contributed by atoms with Crippen molar-refractivity contribution >= 4 is 11.5 Å². The van der Waals surface area contributed by atoms with Crippen LogP contribution in [0.3, 0.4) is 0 Å². The number of Topliss-reactive ketones (excluding diaryl/α,β-unsaturated/α-hetero) is 1. The third-order valence-corrected chi connectivity index (χ3v) is 3.56. The van der Waals surface area contributed by atoms with Crippen molar-refractivity contribution in [1.82, 2.24) is 0 Å². The molecule has 0 saturated carbocycles. The maximum Gasteiger partial charge on any atom is 0.227 e. The van der Waals surface area contributed by atoms with Crippen molar-refractivity contribution in [2.75, 3.05) is 0 Å². The first kappa shape index (κ1) is 16.4. The van der Waals surface area contributed by atoms with Crippen molar-refractivity contribution in [2.45, 2.75) is 27.4 Å². The molecule has 4 heteroatoms. The summed E-state index contributed by atoms with van der Waals surface area (Å²) in [5.41, 5.74) is 4.57. The van der Waals surface area contributed by atoms with Gasteiger partial charge in [0.15, 0.2) is 0 Å². The van der Waals surface area contributed by atoms with Crippen LogP contribution in [0.1, 0.15) is 32.6 Å². The number of carbonyl (C=O) groups excluding carboxylic acids is 1. The Morgan fingerprint density at radius 3 is 2.30 bits per heavy atom. The summed E-state index contributed by atoms with van der Waals surface area (Å²) in [6.07, 6.45) is 0. The molecular formula is C19H18N2O2. The van der Waals surface area contributed by atoms with Gasteiger partial charge in [0.05, 0.1) is 0 Å². The third-order valence-electron chi connectivity index (χ3n) is 3.56. The van der Waals surface area contributed by atoms with Crippen LogP contribution in [0.4, 0.5) is 0 Å². The molecule has 0 bridgehead atoms. The molecule has 2 rings (SSSR count). The standard InChI is InChI=1S/C19H18N2O2/c1-13-9-14(2)17(15(3)10-13)12-23-21-18(11-20)19(22)16-7-5-4-6-8-16/h4-10H,12H2,1-3H3/b21-18+. The Kier molecular flexibility index (Phi) is 5.27.